The molecular weight excluding hydrogens is 358 g/mol. The molecule has 1 heterocycles. The molecule has 0 saturated heterocycles. The second-order valence-corrected chi connectivity index (χ2v) is 7.42. The predicted octanol–water partition coefficient (Wildman–Crippen LogP) is 2.93. The van der Waals surface area contributed by atoms with Crippen LogP contribution in [0.5, 0.6) is 11.5 Å². The number of carbonyl (C=O) groups is 1. The van der Waals surface area contributed by atoms with Gasteiger partial charge in [-0.25, -0.2) is 18.2 Å². The number of carboxylic acids is 1. The van der Waals surface area contributed by atoms with Gasteiger partial charge in [-0.2, -0.15) is 5.10 Å². The maximum atomic E-state index is 11.4. The maximum Gasteiger partial charge on any atom is 0.352 e. The van der Waals surface area contributed by atoms with Crippen LogP contribution in [0.2, 0.25) is 0 Å². The van der Waals surface area contributed by atoms with Crippen molar-refractivity contribution in [1.82, 2.24) is 4.98 Å². The van der Waals surface area contributed by atoms with Crippen molar-refractivity contribution >= 4 is 27.2 Å². The summed E-state index contributed by atoms with van der Waals surface area (Å²) in [4.78, 5) is 14.9. The van der Waals surface area contributed by atoms with Crippen LogP contribution >= 0.6 is 0 Å². The van der Waals surface area contributed by atoms with Gasteiger partial charge in [-0.05, 0) is 42.8 Å². The number of sulfone groups is 1. The van der Waals surface area contributed by atoms with Crippen molar-refractivity contribution in [3.05, 3.63) is 42.6 Å². The van der Waals surface area contributed by atoms with Gasteiger partial charge in [-0.1, -0.05) is 13.3 Å². The molecule has 0 unspecified atom stereocenters. The Morgan fingerprint density at radius 2 is 1.85 bits per heavy atom. The van der Waals surface area contributed by atoms with E-state index in [4.69, 9.17) is 9.84 Å². The second-order valence-electron chi connectivity index (χ2n) is 5.46. The first-order valence-electron chi connectivity index (χ1n) is 7.79. The number of nitrogens with one attached hydrogen (secondary N) is 1. The number of hydrazone groups is 1. The minimum atomic E-state index is -3.35. The standard InChI is InChI=1S/C17H19N3O5S/c1-3-4-15(17(21)22)20-19-12-5-7-13(8-6-12)25-14-9-10-16(18-11-14)26(2,23)24/h5-11,19H,3-4H2,1-2H3,(H,21,22). The SMILES string of the molecule is CCCC(=NNc1ccc(Oc2ccc(S(C)(=O)=O)nc2)cc1)C(=O)O. The minimum absolute atomic E-state index is 0.0245. The Balaban J connectivity index is 2.03. The molecule has 0 aliphatic carbocycles. The number of pyridine rings is 1. The molecule has 2 rings (SSSR count). The molecule has 0 atom stereocenters. The number of nitrogens with zero attached hydrogens (tertiary/aromatic N) is 2. The Morgan fingerprint density at radius 1 is 1.19 bits per heavy atom. The Morgan fingerprint density at radius 3 is 2.35 bits per heavy atom. The van der Waals surface area contributed by atoms with Crippen LogP contribution in [0.3, 0.4) is 0 Å². The van der Waals surface area contributed by atoms with E-state index in [0.29, 0.717) is 30.0 Å². The monoisotopic (exact) mass is 377 g/mol. The van der Waals surface area contributed by atoms with Crippen LogP contribution in [0.25, 0.3) is 0 Å². The highest BCUT2D eigenvalue weighted by Gasteiger charge is 2.09. The summed E-state index contributed by atoms with van der Waals surface area (Å²) in [6.07, 6.45) is 3.48. The lowest BCUT2D eigenvalue weighted by Gasteiger charge is -2.07. The van der Waals surface area contributed by atoms with Gasteiger partial charge in [0.2, 0.25) is 0 Å². The molecule has 0 fully saturated rings. The lowest BCUT2D eigenvalue weighted by molar-refractivity contribution is -0.129. The predicted molar refractivity (Wildman–Crippen MR) is 97.5 cm³/mol. The zero-order chi connectivity index (χ0) is 19.2. The molecule has 0 radical (unpaired) electrons. The number of aromatic nitrogens is 1. The first-order chi connectivity index (χ1) is 12.3. The van der Waals surface area contributed by atoms with Crippen LogP contribution in [0.15, 0.2) is 52.7 Å². The molecule has 0 spiro atoms. The number of aliphatic carboxylic acids is 1. The third-order valence-electron chi connectivity index (χ3n) is 3.23. The van der Waals surface area contributed by atoms with E-state index in [1.807, 2.05) is 6.92 Å². The van der Waals surface area contributed by atoms with Crippen LogP contribution in [0, 0.1) is 0 Å². The lowest BCUT2D eigenvalue weighted by Crippen LogP contribution is -2.14. The van der Waals surface area contributed by atoms with Crippen molar-refractivity contribution < 1.29 is 23.1 Å². The molecule has 1 aromatic heterocycles. The summed E-state index contributed by atoms with van der Waals surface area (Å²) in [5.41, 5.74) is 3.37. The summed E-state index contributed by atoms with van der Waals surface area (Å²) in [5, 5.41) is 12.9. The number of benzene rings is 1. The maximum absolute atomic E-state index is 11.4. The number of hydrogen-bond acceptors (Lipinski definition) is 7. The topological polar surface area (TPSA) is 118 Å². The first kappa shape index (κ1) is 19.4. The van der Waals surface area contributed by atoms with Gasteiger partial charge in [0.15, 0.2) is 14.9 Å². The van der Waals surface area contributed by atoms with Gasteiger partial charge >= 0.3 is 5.97 Å². The number of rotatable bonds is 8. The van der Waals surface area contributed by atoms with Crippen LogP contribution < -0.4 is 10.2 Å². The summed E-state index contributed by atoms with van der Waals surface area (Å²) < 4.78 is 28.3. The van der Waals surface area contributed by atoms with Crippen molar-refractivity contribution in [2.75, 3.05) is 11.7 Å². The van der Waals surface area contributed by atoms with E-state index in [9.17, 15) is 13.2 Å². The van der Waals surface area contributed by atoms with Crippen LogP contribution in [-0.2, 0) is 14.6 Å². The van der Waals surface area contributed by atoms with E-state index in [1.165, 1.54) is 18.3 Å². The molecule has 1 aromatic carbocycles. The Kier molecular flexibility index (Phi) is 6.29. The summed E-state index contributed by atoms with van der Waals surface area (Å²) in [6.45, 7) is 1.88. The number of carboxylic acid groups (broad SMARTS) is 1. The molecule has 9 heteroatoms. The summed E-state index contributed by atoms with van der Waals surface area (Å²) in [6, 6.07) is 9.59. The number of anilines is 1. The fourth-order valence-corrected chi connectivity index (χ4v) is 2.52. The fourth-order valence-electron chi connectivity index (χ4n) is 1.96. The van der Waals surface area contributed by atoms with E-state index >= 15 is 0 Å². The number of hydrogen-bond donors (Lipinski definition) is 2. The number of ether oxygens (including phenoxy) is 1. The molecule has 0 bridgehead atoms. The first-order valence-corrected chi connectivity index (χ1v) is 9.68. The second kappa shape index (κ2) is 8.43. The van der Waals surface area contributed by atoms with Gasteiger partial charge in [0.25, 0.3) is 0 Å². The summed E-state index contributed by atoms with van der Waals surface area (Å²) >= 11 is 0. The van der Waals surface area contributed by atoms with Crippen molar-refractivity contribution in [3.63, 3.8) is 0 Å². The Labute approximate surface area is 151 Å². The van der Waals surface area contributed by atoms with Crippen LogP contribution in [0.4, 0.5) is 5.69 Å². The minimum Gasteiger partial charge on any atom is -0.477 e. The quantitative estimate of drug-likeness (QED) is 0.536. The lowest BCUT2D eigenvalue weighted by atomic mass is 10.2. The Hall–Kier alpha value is -2.94. The van der Waals surface area contributed by atoms with E-state index in [1.54, 1.807) is 24.3 Å². The van der Waals surface area contributed by atoms with Crippen molar-refractivity contribution in [3.8, 4) is 11.5 Å². The van der Waals surface area contributed by atoms with Crippen molar-refractivity contribution in [2.45, 2.75) is 24.8 Å². The van der Waals surface area contributed by atoms with Crippen LogP contribution in [-0.4, -0.2) is 36.4 Å². The van der Waals surface area contributed by atoms with Gasteiger partial charge in [0.1, 0.15) is 17.2 Å². The zero-order valence-electron chi connectivity index (χ0n) is 14.3. The molecule has 0 aliphatic heterocycles. The molecule has 2 aromatic rings. The van der Waals surface area contributed by atoms with Gasteiger partial charge in [-0.3, -0.25) is 5.43 Å². The fraction of sp³-hybridized carbons (Fsp3) is 0.235. The highest BCUT2D eigenvalue weighted by atomic mass is 32.2. The molecular formula is C17H19N3O5S. The van der Waals surface area contributed by atoms with Crippen molar-refractivity contribution in [2.24, 2.45) is 5.10 Å². The largest absolute Gasteiger partial charge is 0.477 e. The van der Waals surface area contributed by atoms with Gasteiger partial charge in [0.05, 0.1) is 11.9 Å². The third kappa shape index (κ3) is 5.55. The van der Waals surface area contributed by atoms with E-state index in [2.05, 4.69) is 15.5 Å². The molecule has 2 N–H and O–H groups in total. The van der Waals surface area contributed by atoms with Crippen molar-refractivity contribution in [1.29, 1.82) is 0 Å². The van der Waals surface area contributed by atoms with Gasteiger partial charge < -0.3 is 9.84 Å². The highest BCUT2D eigenvalue weighted by Crippen LogP contribution is 2.23. The summed E-state index contributed by atoms with van der Waals surface area (Å²) in [7, 11) is -3.35. The van der Waals surface area contributed by atoms with Gasteiger partial charge in [-0.15, -0.1) is 0 Å². The Bertz CT molecular complexity index is 891. The molecule has 138 valence electrons. The molecule has 0 saturated carbocycles. The molecule has 0 aliphatic rings. The smallest absolute Gasteiger partial charge is 0.352 e. The molecule has 0 amide bonds. The van der Waals surface area contributed by atoms with E-state index < -0.39 is 15.8 Å². The average molecular weight is 377 g/mol. The van der Waals surface area contributed by atoms with E-state index in [-0.39, 0.29) is 10.7 Å². The highest BCUT2D eigenvalue weighted by molar-refractivity contribution is 7.90. The van der Waals surface area contributed by atoms with Gasteiger partial charge in [0, 0.05) is 6.26 Å². The zero-order valence-corrected chi connectivity index (χ0v) is 15.2. The normalized spacial score (nSPS) is 11.8. The third-order valence-corrected chi connectivity index (χ3v) is 4.23. The molecule has 8 nitrogen and oxygen atoms in total. The van der Waals surface area contributed by atoms with E-state index in [0.717, 1.165) is 6.26 Å². The van der Waals surface area contributed by atoms with Crippen LogP contribution in [0.1, 0.15) is 19.8 Å². The molecule has 26 heavy (non-hydrogen) atoms. The summed E-state index contributed by atoms with van der Waals surface area (Å²) in [5.74, 6) is -0.142. The average Bonchev–Trinajstić information content (AvgIpc) is 2.59.